The fourth-order valence-electron chi connectivity index (χ4n) is 1.70. The minimum absolute atomic E-state index is 0.00278. The molecule has 0 spiro atoms. The average Bonchev–Trinajstić information content (AvgIpc) is 2.36. The molecule has 0 radical (unpaired) electrons. The topological polar surface area (TPSA) is 41.1 Å². The van der Waals surface area contributed by atoms with Crippen LogP contribution in [0.15, 0.2) is 0 Å². The van der Waals surface area contributed by atoms with Crippen LogP contribution in [0, 0.1) is 5.92 Å². The summed E-state index contributed by atoms with van der Waals surface area (Å²) in [4.78, 5) is 11.5. The van der Waals surface area contributed by atoms with E-state index in [1.165, 1.54) is 12.8 Å². The molecule has 2 N–H and O–H groups in total. The van der Waals surface area contributed by atoms with Crippen molar-refractivity contribution < 1.29 is 4.79 Å². The highest BCUT2D eigenvalue weighted by molar-refractivity contribution is 5.74. The van der Waals surface area contributed by atoms with E-state index in [1.807, 2.05) is 0 Å². The van der Waals surface area contributed by atoms with Gasteiger partial charge in [-0.2, -0.15) is 0 Å². The summed E-state index contributed by atoms with van der Waals surface area (Å²) in [5, 5.41) is 5.96. The maximum Gasteiger partial charge on any atom is 0.315 e. The summed E-state index contributed by atoms with van der Waals surface area (Å²) in [7, 11) is 0. The zero-order valence-corrected chi connectivity index (χ0v) is 14.7. The van der Waals surface area contributed by atoms with Crippen LogP contribution in [0.4, 0.5) is 4.79 Å². The molecule has 0 aromatic carbocycles. The van der Waals surface area contributed by atoms with Crippen molar-refractivity contribution in [1.82, 2.24) is 10.6 Å². The highest BCUT2D eigenvalue weighted by Gasteiger charge is 2.09. The van der Waals surface area contributed by atoms with E-state index in [0.717, 1.165) is 44.6 Å². The first-order valence-electron chi connectivity index (χ1n) is 8.52. The average molecular weight is 287 g/mol. The van der Waals surface area contributed by atoms with Crippen molar-refractivity contribution in [1.29, 1.82) is 0 Å². The standard InChI is InChI=1S/C13H28N2O.C4H10/c1-4-7-10-12(9-6-3)15-13(16)14-11-8-5-2;1-4(2)3/h12H,4-11H2,1-3H3,(H2,14,15,16);4H,1-3H3. The zero-order chi connectivity index (χ0) is 15.8. The van der Waals surface area contributed by atoms with E-state index in [-0.39, 0.29) is 6.03 Å². The van der Waals surface area contributed by atoms with Gasteiger partial charge in [-0.15, -0.1) is 0 Å². The number of unbranched alkanes of at least 4 members (excludes halogenated alkanes) is 2. The zero-order valence-electron chi connectivity index (χ0n) is 14.7. The minimum atomic E-state index is 0.00278. The monoisotopic (exact) mass is 286 g/mol. The van der Waals surface area contributed by atoms with Crippen molar-refractivity contribution in [2.75, 3.05) is 6.54 Å². The molecule has 2 amide bonds. The van der Waals surface area contributed by atoms with E-state index in [2.05, 4.69) is 52.2 Å². The lowest BCUT2D eigenvalue weighted by Gasteiger charge is -2.18. The van der Waals surface area contributed by atoms with E-state index in [9.17, 15) is 4.79 Å². The molecule has 20 heavy (non-hydrogen) atoms. The van der Waals surface area contributed by atoms with Crippen molar-refractivity contribution in [2.45, 2.75) is 92.5 Å². The van der Waals surface area contributed by atoms with Gasteiger partial charge >= 0.3 is 6.03 Å². The summed E-state index contributed by atoms with van der Waals surface area (Å²) in [6.45, 7) is 13.8. The van der Waals surface area contributed by atoms with Crippen molar-refractivity contribution in [3.8, 4) is 0 Å². The van der Waals surface area contributed by atoms with Crippen LogP contribution in [0.5, 0.6) is 0 Å². The third-order valence-electron chi connectivity index (χ3n) is 2.69. The molecule has 3 nitrogen and oxygen atoms in total. The molecule has 0 aliphatic heterocycles. The highest BCUT2D eigenvalue weighted by atomic mass is 16.2. The van der Waals surface area contributed by atoms with Gasteiger partial charge in [0.25, 0.3) is 0 Å². The Hall–Kier alpha value is -0.730. The fourth-order valence-corrected chi connectivity index (χ4v) is 1.70. The van der Waals surface area contributed by atoms with Gasteiger partial charge in [-0.1, -0.05) is 67.2 Å². The number of rotatable bonds is 9. The van der Waals surface area contributed by atoms with Gasteiger partial charge in [-0.3, -0.25) is 0 Å². The van der Waals surface area contributed by atoms with E-state index < -0.39 is 0 Å². The maximum absolute atomic E-state index is 11.5. The summed E-state index contributed by atoms with van der Waals surface area (Å²) in [6, 6.07) is 0.356. The van der Waals surface area contributed by atoms with E-state index in [1.54, 1.807) is 0 Å². The third-order valence-corrected chi connectivity index (χ3v) is 2.69. The highest BCUT2D eigenvalue weighted by Crippen LogP contribution is 2.06. The summed E-state index contributed by atoms with van der Waals surface area (Å²) < 4.78 is 0. The van der Waals surface area contributed by atoms with Crippen LogP contribution < -0.4 is 10.6 Å². The van der Waals surface area contributed by atoms with E-state index in [4.69, 9.17) is 0 Å². The van der Waals surface area contributed by atoms with Crippen LogP contribution in [0.2, 0.25) is 0 Å². The van der Waals surface area contributed by atoms with Gasteiger partial charge in [0.2, 0.25) is 0 Å². The molecule has 0 fully saturated rings. The van der Waals surface area contributed by atoms with Crippen LogP contribution in [0.1, 0.15) is 86.5 Å². The van der Waals surface area contributed by atoms with Crippen molar-refractivity contribution in [2.24, 2.45) is 5.92 Å². The Bertz CT molecular complexity index is 202. The van der Waals surface area contributed by atoms with Crippen molar-refractivity contribution >= 4 is 6.03 Å². The summed E-state index contributed by atoms with van der Waals surface area (Å²) in [6.07, 6.45) is 7.88. The van der Waals surface area contributed by atoms with Crippen LogP contribution >= 0.6 is 0 Å². The second-order valence-corrected chi connectivity index (χ2v) is 6.11. The summed E-state index contributed by atoms with van der Waals surface area (Å²) >= 11 is 0. The number of carbonyl (C=O) groups excluding carboxylic acids is 1. The Kier molecular flexibility index (Phi) is 17.6. The molecular formula is C17H38N2O. The normalized spacial score (nSPS) is 11.6. The molecule has 1 unspecified atom stereocenters. The van der Waals surface area contributed by atoms with Crippen LogP contribution in [0.3, 0.4) is 0 Å². The molecule has 0 saturated heterocycles. The molecule has 0 aromatic rings. The summed E-state index contributed by atoms with van der Waals surface area (Å²) in [5.74, 6) is 0.833. The van der Waals surface area contributed by atoms with Gasteiger partial charge in [-0.25, -0.2) is 4.79 Å². The van der Waals surface area contributed by atoms with E-state index in [0.29, 0.717) is 6.04 Å². The molecule has 3 heteroatoms. The first kappa shape index (κ1) is 21.6. The summed E-state index contributed by atoms with van der Waals surface area (Å²) in [5.41, 5.74) is 0. The minimum Gasteiger partial charge on any atom is -0.338 e. The predicted octanol–water partition coefficient (Wildman–Crippen LogP) is 5.11. The van der Waals surface area contributed by atoms with Crippen molar-refractivity contribution in [3.63, 3.8) is 0 Å². The first-order valence-corrected chi connectivity index (χ1v) is 8.52. The van der Waals surface area contributed by atoms with Crippen LogP contribution in [0.25, 0.3) is 0 Å². The van der Waals surface area contributed by atoms with E-state index >= 15 is 0 Å². The molecule has 0 aliphatic carbocycles. The van der Waals surface area contributed by atoms with Gasteiger partial charge in [-0.05, 0) is 25.2 Å². The Labute approximate surface area is 127 Å². The van der Waals surface area contributed by atoms with Crippen LogP contribution in [-0.2, 0) is 0 Å². The third kappa shape index (κ3) is 19.6. The number of urea groups is 1. The molecule has 0 rings (SSSR count). The molecule has 122 valence electrons. The number of amides is 2. The number of hydrogen-bond donors (Lipinski definition) is 2. The number of nitrogens with one attached hydrogen (secondary N) is 2. The maximum atomic E-state index is 11.5. The number of hydrogen-bond acceptors (Lipinski definition) is 1. The van der Waals surface area contributed by atoms with Gasteiger partial charge in [0.1, 0.15) is 0 Å². The SMILES string of the molecule is CC(C)C.CCCCNC(=O)NC(CCC)CCCC. The molecule has 0 bridgehead atoms. The molecule has 0 aliphatic rings. The fraction of sp³-hybridized carbons (Fsp3) is 0.941. The van der Waals surface area contributed by atoms with Gasteiger partial charge in [0.05, 0.1) is 0 Å². The molecule has 0 aromatic heterocycles. The lowest BCUT2D eigenvalue weighted by atomic mass is 10.1. The van der Waals surface area contributed by atoms with Gasteiger partial charge < -0.3 is 10.6 Å². The lowest BCUT2D eigenvalue weighted by molar-refractivity contribution is 0.235. The Morgan fingerprint density at radius 3 is 1.90 bits per heavy atom. The van der Waals surface area contributed by atoms with Crippen LogP contribution in [-0.4, -0.2) is 18.6 Å². The predicted molar refractivity (Wildman–Crippen MR) is 90.2 cm³/mol. The second kappa shape index (κ2) is 16.3. The first-order chi connectivity index (χ1) is 9.47. The molecule has 0 heterocycles. The Morgan fingerprint density at radius 1 is 0.900 bits per heavy atom. The van der Waals surface area contributed by atoms with Gasteiger partial charge in [0, 0.05) is 12.6 Å². The Morgan fingerprint density at radius 2 is 1.45 bits per heavy atom. The quantitative estimate of drug-likeness (QED) is 0.568. The molecule has 1 atom stereocenters. The van der Waals surface area contributed by atoms with Gasteiger partial charge in [0.15, 0.2) is 0 Å². The molecular weight excluding hydrogens is 248 g/mol. The number of carbonyl (C=O) groups is 1. The Balaban J connectivity index is 0. The lowest BCUT2D eigenvalue weighted by Crippen LogP contribution is -2.42. The molecule has 0 saturated carbocycles. The largest absolute Gasteiger partial charge is 0.338 e. The smallest absolute Gasteiger partial charge is 0.315 e. The van der Waals surface area contributed by atoms with Crippen molar-refractivity contribution in [3.05, 3.63) is 0 Å². The second-order valence-electron chi connectivity index (χ2n) is 6.11.